The number of halogens is 2. The molecule has 0 bridgehead atoms. The van der Waals surface area contributed by atoms with E-state index in [9.17, 15) is 24.3 Å². The van der Waals surface area contributed by atoms with Gasteiger partial charge in [-0.25, -0.2) is 9.18 Å². The smallest absolute Gasteiger partial charge is 0.335 e. The maximum atomic E-state index is 14.3. The quantitative estimate of drug-likeness (QED) is 0.236. The normalized spacial score (nSPS) is 11.7. The summed E-state index contributed by atoms with van der Waals surface area (Å²) in [4.78, 5) is 25.0. The number of carbonyl (C=O) groups excluding carboxylic acids is 1. The summed E-state index contributed by atoms with van der Waals surface area (Å²) in [5.41, 5.74) is 3.81. The van der Waals surface area contributed by atoms with Crippen LogP contribution in [0.25, 0.3) is 22.0 Å². The molecular weight excluding hydrogens is 531 g/mol. The zero-order valence-electron chi connectivity index (χ0n) is 21.2. The van der Waals surface area contributed by atoms with E-state index in [1.165, 1.54) is 18.2 Å². The molecule has 1 aromatic heterocycles. The molecule has 198 valence electrons. The van der Waals surface area contributed by atoms with Crippen LogP contribution in [0.15, 0.2) is 85.1 Å². The van der Waals surface area contributed by atoms with Crippen molar-refractivity contribution in [3.8, 4) is 17.2 Å². The zero-order chi connectivity index (χ0) is 28.4. The second-order valence-corrected chi connectivity index (χ2v) is 9.79. The van der Waals surface area contributed by atoms with Gasteiger partial charge in [-0.15, -0.1) is 0 Å². The van der Waals surface area contributed by atoms with Crippen LogP contribution in [0.4, 0.5) is 4.39 Å². The van der Waals surface area contributed by atoms with Gasteiger partial charge in [0, 0.05) is 10.4 Å². The van der Waals surface area contributed by atoms with E-state index in [1.807, 2.05) is 24.3 Å². The fourth-order valence-corrected chi connectivity index (χ4v) is 4.81. The molecule has 0 aliphatic heterocycles. The standard InChI is InChI=1S/C31H22ClFN4O3/c1-18(21-5-7-22(8-6-21)31(39)40)36-30(38)28-14-24(23-9-20(15-34)11-27(33)13-23)12-25-16-35-37(29(25)28)17-19-3-2-4-26(32)10-19/h2-14,16,18H,17H2,1H3,(H,36,38)(H,39,40)/t18-/m0/s1. The number of nitrogens with one attached hydrogen (secondary N) is 1. The second-order valence-electron chi connectivity index (χ2n) is 9.36. The molecule has 5 rings (SSSR count). The van der Waals surface area contributed by atoms with Gasteiger partial charge in [0.05, 0.1) is 47.1 Å². The lowest BCUT2D eigenvalue weighted by Crippen LogP contribution is -2.27. The Labute approximate surface area is 234 Å². The van der Waals surface area contributed by atoms with Crippen molar-refractivity contribution in [1.82, 2.24) is 15.1 Å². The zero-order valence-corrected chi connectivity index (χ0v) is 22.0. The number of hydrogen-bond donors (Lipinski definition) is 2. The third-order valence-corrected chi connectivity index (χ3v) is 6.80. The lowest BCUT2D eigenvalue weighted by atomic mass is 9.98. The van der Waals surface area contributed by atoms with Crippen molar-refractivity contribution in [1.29, 1.82) is 5.26 Å². The molecule has 0 aliphatic rings. The molecule has 0 unspecified atom stereocenters. The minimum atomic E-state index is -1.03. The maximum Gasteiger partial charge on any atom is 0.335 e. The number of carboxylic acid groups (broad SMARTS) is 1. The summed E-state index contributed by atoms with van der Waals surface area (Å²) in [7, 11) is 0. The number of carboxylic acids is 1. The Bertz CT molecular complexity index is 1810. The average Bonchev–Trinajstić information content (AvgIpc) is 3.34. The van der Waals surface area contributed by atoms with Crippen molar-refractivity contribution < 1.29 is 19.1 Å². The van der Waals surface area contributed by atoms with Gasteiger partial charge in [0.15, 0.2) is 0 Å². The Hall–Kier alpha value is -5.00. The third kappa shape index (κ3) is 5.55. The van der Waals surface area contributed by atoms with Gasteiger partial charge in [-0.05, 0) is 83.8 Å². The van der Waals surface area contributed by atoms with Crippen LogP contribution in [-0.2, 0) is 6.54 Å². The summed E-state index contributed by atoms with van der Waals surface area (Å²) in [5.74, 6) is -1.99. The highest BCUT2D eigenvalue weighted by Crippen LogP contribution is 2.30. The Morgan fingerprint density at radius 1 is 1.07 bits per heavy atom. The summed E-state index contributed by atoms with van der Waals surface area (Å²) in [6.45, 7) is 2.15. The lowest BCUT2D eigenvalue weighted by molar-refractivity contribution is 0.0696. The van der Waals surface area contributed by atoms with E-state index in [-0.39, 0.29) is 11.1 Å². The van der Waals surface area contributed by atoms with Gasteiger partial charge in [-0.2, -0.15) is 10.4 Å². The summed E-state index contributed by atoms with van der Waals surface area (Å²) >= 11 is 6.17. The summed E-state index contributed by atoms with van der Waals surface area (Å²) in [6, 6.07) is 22.6. The molecule has 1 heterocycles. The molecule has 0 saturated heterocycles. The summed E-state index contributed by atoms with van der Waals surface area (Å²) in [5, 5.41) is 27.3. The van der Waals surface area contributed by atoms with Gasteiger partial charge in [0.25, 0.3) is 5.91 Å². The van der Waals surface area contributed by atoms with Crippen molar-refractivity contribution in [2.75, 3.05) is 0 Å². The SMILES string of the molecule is C[C@H](NC(=O)c1cc(-c2cc(F)cc(C#N)c2)cc2cnn(Cc3cccc(Cl)c3)c12)c1ccc(C(=O)O)cc1. The first-order valence-electron chi connectivity index (χ1n) is 12.3. The first-order chi connectivity index (χ1) is 19.2. The number of amides is 1. The number of benzene rings is 4. The highest BCUT2D eigenvalue weighted by molar-refractivity contribution is 6.30. The molecule has 0 radical (unpaired) electrons. The van der Waals surface area contributed by atoms with Gasteiger partial charge in [-0.1, -0.05) is 35.9 Å². The topological polar surface area (TPSA) is 108 Å². The fourth-order valence-electron chi connectivity index (χ4n) is 4.59. The molecule has 0 fully saturated rings. The van der Waals surface area contributed by atoms with Gasteiger partial charge < -0.3 is 10.4 Å². The van der Waals surface area contributed by atoms with Crippen LogP contribution in [0.3, 0.4) is 0 Å². The van der Waals surface area contributed by atoms with Crippen LogP contribution in [-0.4, -0.2) is 26.8 Å². The highest BCUT2D eigenvalue weighted by Gasteiger charge is 2.20. The summed E-state index contributed by atoms with van der Waals surface area (Å²) < 4.78 is 16.0. The second kappa shape index (κ2) is 11.0. The van der Waals surface area contributed by atoms with Gasteiger partial charge in [0.1, 0.15) is 5.82 Å². The van der Waals surface area contributed by atoms with Crippen molar-refractivity contribution in [3.05, 3.63) is 124 Å². The number of aromatic carboxylic acids is 1. The largest absolute Gasteiger partial charge is 0.478 e. The van der Waals surface area contributed by atoms with E-state index >= 15 is 0 Å². The fraction of sp³-hybridized carbons (Fsp3) is 0.0968. The first-order valence-corrected chi connectivity index (χ1v) is 12.7. The van der Waals surface area contributed by atoms with Crippen LogP contribution in [0.5, 0.6) is 0 Å². The Morgan fingerprint density at radius 2 is 1.82 bits per heavy atom. The average molecular weight is 553 g/mol. The number of nitrogens with zero attached hydrogens (tertiary/aromatic N) is 3. The third-order valence-electron chi connectivity index (χ3n) is 6.57. The summed E-state index contributed by atoms with van der Waals surface area (Å²) in [6.07, 6.45) is 1.64. The molecule has 1 amide bonds. The molecule has 9 heteroatoms. The minimum Gasteiger partial charge on any atom is -0.478 e. The van der Waals surface area contributed by atoms with Crippen LogP contribution in [0, 0.1) is 17.1 Å². The van der Waals surface area contributed by atoms with E-state index < -0.39 is 23.7 Å². The molecule has 0 aliphatic carbocycles. The molecule has 0 saturated carbocycles. The molecule has 4 aromatic carbocycles. The van der Waals surface area contributed by atoms with Crippen LogP contribution < -0.4 is 5.32 Å². The maximum absolute atomic E-state index is 14.3. The van der Waals surface area contributed by atoms with Crippen LogP contribution >= 0.6 is 11.6 Å². The van der Waals surface area contributed by atoms with Crippen LogP contribution in [0.2, 0.25) is 5.02 Å². The molecule has 0 spiro atoms. The van der Waals surface area contributed by atoms with Crippen molar-refractivity contribution in [3.63, 3.8) is 0 Å². The Morgan fingerprint density at radius 3 is 2.52 bits per heavy atom. The molecule has 7 nitrogen and oxygen atoms in total. The number of aromatic nitrogens is 2. The molecular formula is C31H22ClFN4O3. The molecule has 1 atom stereocenters. The van der Waals surface area contributed by atoms with Crippen LogP contribution in [0.1, 0.15) is 50.4 Å². The number of rotatable bonds is 7. The Kier molecular flexibility index (Phi) is 7.32. The van der Waals surface area contributed by atoms with Gasteiger partial charge in [-0.3, -0.25) is 9.48 Å². The number of fused-ring (bicyclic) bond motifs is 1. The van der Waals surface area contributed by atoms with E-state index in [4.69, 9.17) is 11.6 Å². The minimum absolute atomic E-state index is 0.147. The number of nitriles is 1. The highest BCUT2D eigenvalue weighted by atomic mass is 35.5. The van der Waals surface area contributed by atoms with E-state index in [1.54, 1.807) is 54.2 Å². The van der Waals surface area contributed by atoms with Gasteiger partial charge in [0.2, 0.25) is 0 Å². The van der Waals surface area contributed by atoms with Crippen molar-refractivity contribution in [2.24, 2.45) is 0 Å². The van der Waals surface area contributed by atoms with Crippen molar-refractivity contribution in [2.45, 2.75) is 19.5 Å². The van der Waals surface area contributed by atoms with Gasteiger partial charge >= 0.3 is 5.97 Å². The van der Waals surface area contributed by atoms with E-state index in [0.717, 1.165) is 17.2 Å². The lowest BCUT2D eigenvalue weighted by Gasteiger charge is -2.17. The first kappa shape index (κ1) is 26.6. The van der Waals surface area contributed by atoms with E-state index in [0.29, 0.717) is 39.2 Å². The predicted molar refractivity (Wildman–Crippen MR) is 150 cm³/mol. The predicted octanol–water partition coefficient (Wildman–Crippen LogP) is 6.60. The molecule has 2 N–H and O–H groups in total. The van der Waals surface area contributed by atoms with E-state index in [2.05, 4.69) is 10.4 Å². The van der Waals surface area contributed by atoms with Crippen molar-refractivity contribution >= 4 is 34.4 Å². The molecule has 40 heavy (non-hydrogen) atoms. The Balaban J connectivity index is 1.58. The number of carbonyl (C=O) groups is 2. The number of hydrogen-bond acceptors (Lipinski definition) is 4. The monoisotopic (exact) mass is 552 g/mol. The molecule has 5 aromatic rings.